The highest BCUT2D eigenvalue weighted by molar-refractivity contribution is 5.40. The third kappa shape index (κ3) is 2.85. The smallest absolute Gasteiger partial charge is 0.141 e. The van der Waals surface area contributed by atoms with E-state index in [0.29, 0.717) is 11.5 Å². The van der Waals surface area contributed by atoms with Crippen molar-refractivity contribution in [1.82, 2.24) is 9.97 Å². The monoisotopic (exact) mass is 230 g/mol. The van der Waals surface area contributed by atoms with Crippen molar-refractivity contribution in [3.63, 3.8) is 0 Å². The molecule has 0 N–H and O–H groups in total. The lowest BCUT2D eigenvalue weighted by atomic mass is 10.2. The molecule has 2 rings (SSSR count). The average molecular weight is 230 g/mol. The quantitative estimate of drug-likeness (QED) is 0.650. The van der Waals surface area contributed by atoms with Crippen molar-refractivity contribution in [3.8, 4) is 11.8 Å². The first-order valence-corrected chi connectivity index (χ1v) is 4.92. The Morgan fingerprint density at radius 2 is 1.94 bits per heavy atom. The van der Waals surface area contributed by atoms with Crippen LogP contribution >= 0.6 is 0 Å². The van der Waals surface area contributed by atoms with E-state index in [9.17, 15) is 8.78 Å². The van der Waals surface area contributed by atoms with Crippen molar-refractivity contribution in [1.29, 1.82) is 0 Å². The van der Waals surface area contributed by atoms with Crippen LogP contribution in [-0.4, -0.2) is 9.97 Å². The van der Waals surface area contributed by atoms with Gasteiger partial charge in [0, 0.05) is 12.3 Å². The molecule has 0 atom stereocenters. The molecule has 0 unspecified atom stereocenters. The van der Waals surface area contributed by atoms with Gasteiger partial charge in [-0.1, -0.05) is 5.92 Å². The van der Waals surface area contributed by atoms with Crippen molar-refractivity contribution >= 4 is 0 Å². The minimum absolute atomic E-state index is 0.141. The third-order valence-electron chi connectivity index (χ3n) is 2.03. The highest BCUT2D eigenvalue weighted by atomic mass is 19.1. The second kappa shape index (κ2) is 4.71. The molecule has 0 radical (unpaired) electrons. The molecule has 2 nitrogen and oxygen atoms in total. The zero-order chi connectivity index (χ0) is 12.3. The Kier molecular flexibility index (Phi) is 3.10. The average Bonchev–Trinajstić information content (AvgIpc) is 2.28. The van der Waals surface area contributed by atoms with Crippen LogP contribution in [0, 0.1) is 30.4 Å². The number of hydrogen-bond acceptors (Lipinski definition) is 2. The van der Waals surface area contributed by atoms with Crippen LogP contribution in [0.25, 0.3) is 0 Å². The molecule has 2 aromatic rings. The molecule has 84 valence electrons. The molecule has 1 heterocycles. The molecular weight excluding hydrogens is 222 g/mol. The van der Waals surface area contributed by atoms with E-state index in [2.05, 4.69) is 21.8 Å². The van der Waals surface area contributed by atoms with Gasteiger partial charge in [-0.25, -0.2) is 18.7 Å². The lowest BCUT2D eigenvalue weighted by Gasteiger charge is -1.94. The predicted molar refractivity (Wildman–Crippen MR) is 59.1 cm³/mol. The maximum absolute atomic E-state index is 13.3. The summed E-state index contributed by atoms with van der Waals surface area (Å²) in [6.45, 7) is 1.74. The number of aromatic nitrogens is 2. The van der Waals surface area contributed by atoms with Crippen LogP contribution in [0.2, 0.25) is 0 Å². The van der Waals surface area contributed by atoms with Crippen molar-refractivity contribution in [2.75, 3.05) is 0 Å². The molecule has 0 aliphatic carbocycles. The number of rotatable bonds is 0. The van der Waals surface area contributed by atoms with Gasteiger partial charge < -0.3 is 0 Å². The molecule has 1 aromatic carbocycles. The van der Waals surface area contributed by atoms with Gasteiger partial charge in [0.2, 0.25) is 0 Å². The number of aryl methyl sites for hydroxylation is 1. The summed E-state index contributed by atoms with van der Waals surface area (Å²) in [7, 11) is 0. The second-order valence-corrected chi connectivity index (χ2v) is 3.36. The summed E-state index contributed by atoms with van der Waals surface area (Å²) in [5.41, 5.74) is 0.642. The van der Waals surface area contributed by atoms with Crippen LogP contribution in [-0.2, 0) is 0 Å². The molecule has 0 fully saturated rings. The lowest BCUT2D eigenvalue weighted by Crippen LogP contribution is -1.90. The second-order valence-electron chi connectivity index (χ2n) is 3.36. The molecular formula is C13H8F2N2. The lowest BCUT2D eigenvalue weighted by molar-refractivity contribution is 0.581. The fraction of sp³-hybridized carbons (Fsp3) is 0.0769. The first-order valence-electron chi connectivity index (χ1n) is 4.92. The van der Waals surface area contributed by atoms with Gasteiger partial charge in [0.25, 0.3) is 0 Å². The van der Waals surface area contributed by atoms with Crippen LogP contribution in [0.4, 0.5) is 8.78 Å². The summed E-state index contributed by atoms with van der Waals surface area (Å²) in [5.74, 6) is 4.60. The SMILES string of the molecule is Cc1nccc(C#Cc2ccc(F)cc2F)n1. The van der Waals surface area contributed by atoms with Crippen molar-refractivity contribution in [2.24, 2.45) is 0 Å². The van der Waals surface area contributed by atoms with Gasteiger partial charge in [0.05, 0.1) is 5.56 Å². The fourth-order valence-corrected chi connectivity index (χ4v) is 1.25. The predicted octanol–water partition coefficient (Wildman–Crippen LogP) is 2.46. The van der Waals surface area contributed by atoms with Gasteiger partial charge in [-0.15, -0.1) is 0 Å². The summed E-state index contributed by atoms with van der Waals surface area (Å²) in [6.07, 6.45) is 1.58. The summed E-state index contributed by atoms with van der Waals surface area (Å²) >= 11 is 0. The van der Waals surface area contributed by atoms with Gasteiger partial charge in [-0.05, 0) is 31.0 Å². The van der Waals surface area contributed by atoms with Crippen LogP contribution < -0.4 is 0 Å². The number of benzene rings is 1. The summed E-state index contributed by atoms with van der Waals surface area (Å²) in [5, 5.41) is 0. The van der Waals surface area contributed by atoms with Gasteiger partial charge in [0.1, 0.15) is 23.2 Å². The van der Waals surface area contributed by atoms with E-state index in [1.165, 1.54) is 12.1 Å². The highest BCUT2D eigenvalue weighted by Crippen LogP contribution is 2.08. The van der Waals surface area contributed by atoms with Gasteiger partial charge in [-0.2, -0.15) is 0 Å². The maximum Gasteiger partial charge on any atom is 0.141 e. The van der Waals surface area contributed by atoms with E-state index in [-0.39, 0.29) is 5.56 Å². The molecule has 4 heteroatoms. The largest absolute Gasteiger partial charge is 0.242 e. The van der Waals surface area contributed by atoms with Crippen LogP contribution in [0.15, 0.2) is 30.5 Å². The van der Waals surface area contributed by atoms with E-state index in [1.54, 1.807) is 19.2 Å². The zero-order valence-corrected chi connectivity index (χ0v) is 9.04. The van der Waals surface area contributed by atoms with E-state index in [4.69, 9.17) is 0 Å². The molecule has 0 saturated carbocycles. The van der Waals surface area contributed by atoms with E-state index >= 15 is 0 Å². The van der Waals surface area contributed by atoms with Gasteiger partial charge in [0.15, 0.2) is 0 Å². The molecule has 0 amide bonds. The first kappa shape index (κ1) is 11.2. The van der Waals surface area contributed by atoms with Crippen LogP contribution in [0.1, 0.15) is 17.1 Å². The van der Waals surface area contributed by atoms with Crippen molar-refractivity contribution < 1.29 is 8.78 Å². The standard InChI is InChI=1S/C13H8F2N2/c1-9-16-7-6-12(17-9)5-3-10-2-4-11(14)8-13(10)15/h2,4,6-8H,1H3. The summed E-state index contributed by atoms with van der Waals surface area (Å²) < 4.78 is 25.9. The normalized spacial score (nSPS) is 9.59. The number of hydrogen-bond donors (Lipinski definition) is 0. The maximum atomic E-state index is 13.3. The molecule has 0 bridgehead atoms. The Labute approximate surface area is 97.4 Å². The third-order valence-corrected chi connectivity index (χ3v) is 2.03. The van der Waals surface area contributed by atoms with Crippen molar-refractivity contribution in [2.45, 2.75) is 6.92 Å². The molecule has 0 spiro atoms. The number of halogens is 2. The molecule has 0 saturated heterocycles. The number of nitrogens with zero attached hydrogens (tertiary/aromatic N) is 2. The van der Waals surface area contributed by atoms with Crippen LogP contribution in [0.3, 0.4) is 0 Å². The fourth-order valence-electron chi connectivity index (χ4n) is 1.25. The Hall–Kier alpha value is -2.28. The minimum Gasteiger partial charge on any atom is -0.242 e. The summed E-state index contributed by atoms with van der Waals surface area (Å²) in [6, 6.07) is 4.89. The Balaban J connectivity index is 2.33. The zero-order valence-electron chi connectivity index (χ0n) is 9.04. The molecule has 1 aromatic heterocycles. The topological polar surface area (TPSA) is 25.8 Å². The highest BCUT2D eigenvalue weighted by Gasteiger charge is 2.00. The van der Waals surface area contributed by atoms with Gasteiger partial charge in [-0.3, -0.25) is 0 Å². The molecule has 0 aliphatic heterocycles. The van der Waals surface area contributed by atoms with E-state index < -0.39 is 11.6 Å². The minimum atomic E-state index is -0.678. The van der Waals surface area contributed by atoms with Crippen LogP contribution in [0.5, 0.6) is 0 Å². The Morgan fingerprint density at radius 3 is 2.65 bits per heavy atom. The van der Waals surface area contributed by atoms with E-state index in [0.717, 1.165) is 6.07 Å². The van der Waals surface area contributed by atoms with Gasteiger partial charge >= 0.3 is 0 Å². The summed E-state index contributed by atoms with van der Waals surface area (Å²) in [4.78, 5) is 7.98. The Bertz CT molecular complexity index is 612. The Morgan fingerprint density at radius 1 is 1.12 bits per heavy atom. The van der Waals surface area contributed by atoms with E-state index in [1.807, 2.05) is 0 Å². The molecule has 0 aliphatic rings. The molecule has 17 heavy (non-hydrogen) atoms. The van der Waals surface area contributed by atoms with Crippen molar-refractivity contribution in [3.05, 3.63) is 59.2 Å². The first-order chi connectivity index (χ1) is 8.15.